The summed E-state index contributed by atoms with van der Waals surface area (Å²) in [6.07, 6.45) is 4.98. The van der Waals surface area contributed by atoms with Gasteiger partial charge in [-0.15, -0.1) is 5.10 Å². The molecule has 2 rings (SSSR count). The van der Waals surface area contributed by atoms with Crippen LogP contribution in [0.25, 0.3) is 0 Å². The van der Waals surface area contributed by atoms with Crippen LogP contribution in [0.2, 0.25) is 0 Å². The second-order valence-electron chi connectivity index (χ2n) is 4.61. The number of hydrogen-bond acceptors (Lipinski definition) is 5. The van der Waals surface area contributed by atoms with Crippen molar-refractivity contribution in [3.05, 3.63) is 17.8 Å². The van der Waals surface area contributed by atoms with Crippen molar-refractivity contribution in [2.45, 2.75) is 25.3 Å². The molecule has 18 heavy (non-hydrogen) atoms. The number of carboxylic acid groups (broad SMARTS) is 1. The molecule has 2 heterocycles. The van der Waals surface area contributed by atoms with E-state index in [1.807, 2.05) is 0 Å². The molecule has 1 unspecified atom stereocenters. The fraction of sp³-hybridized carbons (Fsp3) is 0.583. The molecule has 1 aliphatic heterocycles. The van der Waals surface area contributed by atoms with Crippen LogP contribution in [0.1, 0.15) is 29.6 Å². The van der Waals surface area contributed by atoms with Gasteiger partial charge in [-0.05, 0) is 32.5 Å². The smallest absolute Gasteiger partial charge is 0.339 e. The highest BCUT2D eigenvalue weighted by atomic mass is 16.4. The Labute approximate surface area is 106 Å². The van der Waals surface area contributed by atoms with Gasteiger partial charge in [-0.3, -0.25) is 0 Å². The molecule has 0 amide bonds. The summed E-state index contributed by atoms with van der Waals surface area (Å²) in [5, 5.41) is 19.7. The van der Waals surface area contributed by atoms with Gasteiger partial charge in [0, 0.05) is 12.6 Å². The molecule has 0 spiro atoms. The minimum Gasteiger partial charge on any atom is -0.478 e. The second-order valence-corrected chi connectivity index (χ2v) is 4.61. The van der Waals surface area contributed by atoms with Crippen molar-refractivity contribution < 1.29 is 9.90 Å². The summed E-state index contributed by atoms with van der Waals surface area (Å²) in [6.45, 7) is 1.80. The van der Waals surface area contributed by atoms with Crippen LogP contribution < -0.4 is 5.32 Å². The van der Waals surface area contributed by atoms with Crippen molar-refractivity contribution in [1.82, 2.24) is 15.1 Å². The molecule has 98 valence electrons. The van der Waals surface area contributed by atoms with Gasteiger partial charge in [0.1, 0.15) is 5.56 Å². The Morgan fingerprint density at radius 2 is 2.44 bits per heavy atom. The van der Waals surface area contributed by atoms with Crippen LogP contribution in [-0.4, -0.2) is 52.4 Å². The van der Waals surface area contributed by atoms with Crippen LogP contribution >= 0.6 is 0 Å². The third-order valence-corrected chi connectivity index (χ3v) is 3.38. The lowest BCUT2D eigenvalue weighted by atomic mass is 10.0. The molecule has 0 radical (unpaired) electrons. The van der Waals surface area contributed by atoms with Gasteiger partial charge in [-0.2, -0.15) is 5.10 Å². The average Bonchev–Trinajstić information content (AvgIpc) is 2.38. The Kier molecular flexibility index (Phi) is 4.09. The van der Waals surface area contributed by atoms with E-state index in [4.69, 9.17) is 5.11 Å². The summed E-state index contributed by atoms with van der Waals surface area (Å²) in [4.78, 5) is 13.3. The standard InChI is InChI=1S/C12H18N4O2/c1-16-7-3-2-4-9(16)8-13-11-10(12(17)18)5-6-14-15-11/h5-6,9H,2-4,7-8H2,1H3,(H,13,15)(H,17,18). The van der Waals surface area contributed by atoms with Crippen molar-refractivity contribution in [2.24, 2.45) is 0 Å². The molecule has 1 aliphatic rings. The third-order valence-electron chi connectivity index (χ3n) is 3.38. The predicted octanol–water partition coefficient (Wildman–Crippen LogP) is 1.07. The number of piperidine rings is 1. The SMILES string of the molecule is CN1CCCCC1CNc1nnccc1C(=O)O. The number of hydrogen-bond donors (Lipinski definition) is 2. The molecule has 0 bridgehead atoms. The van der Waals surface area contributed by atoms with E-state index in [1.54, 1.807) is 0 Å². The van der Waals surface area contributed by atoms with E-state index < -0.39 is 5.97 Å². The molecule has 1 aromatic rings. The fourth-order valence-corrected chi connectivity index (χ4v) is 2.25. The van der Waals surface area contributed by atoms with Gasteiger partial charge < -0.3 is 15.3 Å². The zero-order chi connectivity index (χ0) is 13.0. The van der Waals surface area contributed by atoms with Gasteiger partial charge in [0.25, 0.3) is 0 Å². The van der Waals surface area contributed by atoms with E-state index in [9.17, 15) is 4.79 Å². The maximum atomic E-state index is 11.0. The van der Waals surface area contributed by atoms with Crippen molar-refractivity contribution in [3.8, 4) is 0 Å². The van der Waals surface area contributed by atoms with Crippen LogP contribution in [0.5, 0.6) is 0 Å². The van der Waals surface area contributed by atoms with Crippen molar-refractivity contribution in [2.75, 3.05) is 25.5 Å². The first-order valence-corrected chi connectivity index (χ1v) is 6.17. The number of carbonyl (C=O) groups is 1. The van der Waals surface area contributed by atoms with Crippen molar-refractivity contribution in [1.29, 1.82) is 0 Å². The number of aromatic nitrogens is 2. The van der Waals surface area contributed by atoms with E-state index >= 15 is 0 Å². The molecule has 1 saturated heterocycles. The predicted molar refractivity (Wildman–Crippen MR) is 67.8 cm³/mol. The van der Waals surface area contributed by atoms with Crippen LogP contribution in [-0.2, 0) is 0 Å². The maximum Gasteiger partial charge on any atom is 0.339 e. The van der Waals surface area contributed by atoms with Crippen molar-refractivity contribution >= 4 is 11.8 Å². The Balaban J connectivity index is 1.99. The zero-order valence-electron chi connectivity index (χ0n) is 10.5. The molecular formula is C12H18N4O2. The first-order valence-electron chi connectivity index (χ1n) is 6.17. The Morgan fingerprint density at radius 3 is 3.17 bits per heavy atom. The maximum absolute atomic E-state index is 11.0. The van der Waals surface area contributed by atoms with Gasteiger partial charge in [0.05, 0.1) is 6.20 Å². The van der Waals surface area contributed by atoms with Crippen LogP contribution in [0.4, 0.5) is 5.82 Å². The first-order chi connectivity index (χ1) is 8.68. The minimum atomic E-state index is -0.982. The summed E-state index contributed by atoms with van der Waals surface area (Å²) in [5.41, 5.74) is 0.170. The highest BCUT2D eigenvalue weighted by Gasteiger charge is 2.19. The number of carboxylic acids is 1. The van der Waals surface area contributed by atoms with Crippen molar-refractivity contribution in [3.63, 3.8) is 0 Å². The molecule has 1 atom stereocenters. The van der Waals surface area contributed by atoms with Gasteiger partial charge >= 0.3 is 5.97 Å². The molecule has 1 aromatic heterocycles. The minimum absolute atomic E-state index is 0.170. The number of likely N-dealkylation sites (N-methyl/N-ethyl adjacent to an activating group) is 1. The third kappa shape index (κ3) is 2.95. The molecule has 0 saturated carbocycles. The largest absolute Gasteiger partial charge is 0.478 e. The van der Waals surface area contributed by atoms with E-state index in [-0.39, 0.29) is 5.56 Å². The quantitative estimate of drug-likeness (QED) is 0.832. The van der Waals surface area contributed by atoms with E-state index in [2.05, 4.69) is 27.5 Å². The Morgan fingerprint density at radius 1 is 1.61 bits per heavy atom. The topological polar surface area (TPSA) is 78.3 Å². The molecule has 6 nitrogen and oxygen atoms in total. The number of anilines is 1. The van der Waals surface area contributed by atoms with Gasteiger partial charge in [-0.1, -0.05) is 6.42 Å². The van der Waals surface area contributed by atoms with Crippen LogP contribution in [0.3, 0.4) is 0 Å². The van der Waals surface area contributed by atoms with E-state index in [0.29, 0.717) is 18.4 Å². The molecule has 6 heteroatoms. The molecule has 0 aromatic carbocycles. The lowest BCUT2D eigenvalue weighted by Crippen LogP contribution is -2.41. The highest BCUT2D eigenvalue weighted by molar-refractivity contribution is 5.92. The average molecular weight is 250 g/mol. The number of nitrogens with zero attached hydrogens (tertiary/aromatic N) is 3. The number of likely N-dealkylation sites (tertiary alicyclic amines) is 1. The number of rotatable bonds is 4. The van der Waals surface area contributed by atoms with Crippen LogP contribution in [0, 0.1) is 0 Å². The summed E-state index contributed by atoms with van der Waals surface area (Å²) in [6, 6.07) is 1.89. The lowest BCUT2D eigenvalue weighted by molar-refractivity contribution is 0.0697. The van der Waals surface area contributed by atoms with Gasteiger partial charge in [-0.25, -0.2) is 4.79 Å². The first kappa shape index (κ1) is 12.8. The Bertz CT molecular complexity index is 424. The summed E-state index contributed by atoms with van der Waals surface area (Å²) < 4.78 is 0. The normalized spacial score (nSPS) is 20.6. The van der Waals surface area contributed by atoms with Gasteiger partial charge in [0.2, 0.25) is 0 Å². The number of nitrogens with one attached hydrogen (secondary N) is 1. The number of aromatic carboxylic acids is 1. The molecule has 0 aliphatic carbocycles. The second kappa shape index (κ2) is 5.77. The van der Waals surface area contributed by atoms with E-state index in [0.717, 1.165) is 13.0 Å². The summed E-state index contributed by atoms with van der Waals surface area (Å²) in [5.74, 6) is -0.631. The molecule has 2 N–H and O–H groups in total. The Hall–Kier alpha value is -1.69. The highest BCUT2D eigenvalue weighted by Crippen LogP contribution is 2.16. The summed E-state index contributed by atoms with van der Waals surface area (Å²) >= 11 is 0. The van der Waals surface area contributed by atoms with E-state index in [1.165, 1.54) is 25.1 Å². The summed E-state index contributed by atoms with van der Waals surface area (Å²) in [7, 11) is 2.10. The fourth-order valence-electron chi connectivity index (χ4n) is 2.25. The molecular weight excluding hydrogens is 232 g/mol. The van der Waals surface area contributed by atoms with Crippen LogP contribution in [0.15, 0.2) is 12.3 Å². The van der Waals surface area contributed by atoms with Gasteiger partial charge in [0.15, 0.2) is 5.82 Å². The lowest BCUT2D eigenvalue weighted by Gasteiger charge is -2.32. The zero-order valence-corrected chi connectivity index (χ0v) is 10.5. The molecule has 1 fully saturated rings. The monoisotopic (exact) mass is 250 g/mol.